The van der Waals surface area contributed by atoms with Crippen molar-refractivity contribution in [2.75, 3.05) is 0 Å². The van der Waals surface area contributed by atoms with E-state index in [9.17, 15) is 0 Å². The van der Waals surface area contributed by atoms with Crippen LogP contribution in [0.1, 0.15) is 30.2 Å². The van der Waals surface area contributed by atoms with Gasteiger partial charge in [-0.05, 0) is 31.5 Å². The van der Waals surface area contributed by atoms with Gasteiger partial charge in [0.25, 0.3) is 0 Å². The molecule has 2 aromatic rings. The third-order valence-corrected chi connectivity index (χ3v) is 3.32. The van der Waals surface area contributed by atoms with Crippen molar-refractivity contribution in [3.8, 4) is 5.75 Å². The second-order valence-corrected chi connectivity index (χ2v) is 4.90. The lowest BCUT2D eigenvalue weighted by Gasteiger charge is -2.11. The zero-order valence-corrected chi connectivity index (χ0v) is 12.0. The van der Waals surface area contributed by atoms with Crippen LogP contribution in [0.3, 0.4) is 0 Å². The predicted molar refractivity (Wildman–Crippen MR) is 74.1 cm³/mol. The number of nitrogens with zero attached hydrogens (tertiary/aromatic N) is 3. The predicted octanol–water partition coefficient (Wildman–Crippen LogP) is 2.38. The van der Waals surface area contributed by atoms with Crippen LogP contribution in [0.15, 0.2) is 18.2 Å². The summed E-state index contributed by atoms with van der Waals surface area (Å²) in [5.74, 6) is 2.22. The summed E-state index contributed by atoms with van der Waals surface area (Å²) in [6.07, 6.45) is 0. The summed E-state index contributed by atoms with van der Waals surface area (Å²) >= 11 is 6.16. The third-order valence-electron chi connectivity index (χ3n) is 3.02. The molecule has 0 amide bonds. The quantitative estimate of drug-likeness (QED) is 0.934. The molecular formula is C13H17ClN4O. The van der Waals surface area contributed by atoms with Gasteiger partial charge in [-0.2, -0.15) is 0 Å². The molecule has 0 spiro atoms. The standard InChI is InChI=1S/C13H17ClN4O/c1-8(15)10-4-5-12(11(14)6-10)19-7-13-17-16-9(2)18(13)3/h4-6,8H,7,15H2,1-3H3/t8-/m0/s1. The minimum Gasteiger partial charge on any atom is -0.484 e. The normalized spacial score (nSPS) is 12.5. The molecule has 0 fully saturated rings. The third kappa shape index (κ3) is 3.05. The minimum absolute atomic E-state index is 0.0482. The van der Waals surface area contributed by atoms with E-state index in [0.717, 1.165) is 17.2 Å². The maximum absolute atomic E-state index is 6.16. The molecule has 2 rings (SSSR count). The Bertz CT molecular complexity index is 580. The summed E-state index contributed by atoms with van der Waals surface area (Å²) in [5.41, 5.74) is 6.78. The lowest BCUT2D eigenvalue weighted by molar-refractivity contribution is 0.291. The van der Waals surface area contributed by atoms with Gasteiger partial charge in [-0.15, -0.1) is 10.2 Å². The number of hydrogen-bond donors (Lipinski definition) is 1. The molecular weight excluding hydrogens is 264 g/mol. The summed E-state index contributed by atoms with van der Waals surface area (Å²) in [7, 11) is 1.90. The molecule has 0 saturated carbocycles. The van der Waals surface area contributed by atoms with Crippen LogP contribution in [-0.4, -0.2) is 14.8 Å². The Labute approximate surface area is 117 Å². The Morgan fingerprint density at radius 2 is 2.16 bits per heavy atom. The van der Waals surface area contributed by atoms with Crippen molar-refractivity contribution in [2.45, 2.75) is 26.5 Å². The van der Waals surface area contributed by atoms with Gasteiger partial charge in [-0.1, -0.05) is 17.7 Å². The fourth-order valence-corrected chi connectivity index (χ4v) is 1.88. The molecule has 5 nitrogen and oxygen atoms in total. The van der Waals surface area contributed by atoms with E-state index in [2.05, 4.69) is 10.2 Å². The monoisotopic (exact) mass is 280 g/mol. The Kier molecular flexibility index (Phi) is 4.07. The number of aryl methyl sites for hydroxylation is 1. The number of aromatic nitrogens is 3. The molecule has 1 aromatic carbocycles. The van der Waals surface area contributed by atoms with Gasteiger partial charge in [-0.3, -0.25) is 0 Å². The van der Waals surface area contributed by atoms with E-state index in [1.54, 1.807) is 0 Å². The van der Waals surface area contributed by atoms with E-state index < -0.39 is 0 Å². The summed E-state index contributed by atoms with van der Waals surface area (Å²) in [4.78, 5) is 0. The molecule has 1 aromatic heterocycles. The van der Waals surface area contributed by atoms with E-state index in [1.165, 1.54) is 0 Å². The molecule has 0 aliphatic heterocycles. The van der Waals surface area contributed by atoms with Gasteiger partial charge in [0.1, 0.15) is 18.2 Å². The van der Waals surface area contributed by atoms with Crippen molar-refractivity contribution >= 4 is 11.6 Å². The Balaban J connectivity index is 2.10. The zero-order chi connectivity index (χ0) is 14.0. The van der Waals surface area contributed by atoms with Crippen molar-refractivity contribution in [1.82, 2.24) is 14.8 Å². The molecule has 19 heavy (non-hydrogen) atoms. The first-order chi connectivity index (χ1) is 8.99. The fourth-order valence-electron chi connectivity index (χ4n) is 1.64. The van der Waals surface area contributed by atoms with Gasteiger partial charge < -0.3 is 15.0 Å². The van der Waals surface area contributed by atoms with Crippen LogP contribution < -0.4 is 10.5 Å². The number of rotatable bonds is 4. The highest BCUT2D eigenvalue weighted by Crippen LogP contribution is 2.27. The molecule has 102 valence electrons. The van der Waals surface area contributed by atoms with Crippen LogP contribution in [0.5, 0.6) is 5.75 Å². The topological polar surface area (TPSA) is 66.0 Å². The van der Waals surface area contributed by atoms with Crippen LogP contribution in [0.2, 0.25) is 5.02 Å². The summed E-state index contributed by atoms with van der Waals surface area (Å²) < 4.78 is 7.53. The van der Waals surface area contributed by atoms with Crippen LogP contribution in [0.4, 0.5) is 0 Å². The largest absolute Gasteiger partial charge is 0.484 e. The van der Waals surface area contributed by atoms with Gasteiger partial charge in [0, 0.05) is 13.1 Å². The second-order valence-electron chi connectivity index (χ2n) is 4.49. The molecule has 0 bridgehead atoms. The van der Waals surface area contributed by atoms with Crippen molar-refractivity contribution in [3.63, 3.8) is 0 Å². The average Bonchev–Trinajstić information content (AvgIpc) is 2.68. The van der Waals surface area contributed by atoms with Crippen LogP contribution >= 0.6 is 11.6 Å². The molecule has 1 atom stereocenters. The first kappa shape index (κ1) is 13.8. The van der Waals surface area contributed by atoms with E-state index in [4.69, 9.17) is 22.1 Å². The first-order valence-corrected chi connectivity index (χ1v) is 6.39. The highest BCUT2D eigenvalue weighted by Gasteiger charge is 2.09. The maximum atomic E-state index is 6.16. The summed E-state index contributed by atoms with van der Waals surface area (Å²) in [6, 6.07) is 5.51. The van der Waals surface area contributed by atoms with Crippen LogP contribution in [0.25, 0.3) is 0 Å². The van der Waals surface area contributed by atoms with Gasteiger partial charge >= 0.3 is 0 Å². The molecule has 0 radical (unpaired) electrons. The number of ether oxygens (including phenoxy) is 1. The molecule has 0 unspecified atom stereocenters. The van der Waals surface area contributed by atoms with Crippen molar-refractivity contribution in [1.29, 1.82) is 0 Å². The van der Waals surface area contributed by atoms with Gasteiger partial charge in [-0.25, -0.2) is 0 Å². The lowest BCUT2D eigenvalue weighted by Crippen LogP contribution is -2.06. The Morgan fingerprint density at radius 3 is 2.68 bits per heavy atom. The molecule has 0 saturated heterocycles. The molecule has 2 N–H and O–H groups in total. The van der Waals surface area contributed by atoms with Gasteiger partial charge in [0.2, 0.25) is 0 Å². The minimum atomic E-state index is -0.0482. The average molecular weight is 281 g/mol. The maximum Gasteiger partial charge on any atom is 0.170 e. The summed E-state index contributed by atoms with van der Waals surface area (Å²) in [5, 5.41) is 8.55. The molecule has 6 heteroatoms. The van der Waals surface area contributed by atoms with Crippen molar-refractivity contribution < 1.29 is 4.74 Å². The van der Waals surface area contributed by atoms with E-state index in [1.807, 2.05) is 43.7 Å². The molecule has 1 heterocycles. The van der Waals surface area contributed by atoms with Crippen LogP contribution in [0, 0.1) is 6.92 Å². The number of hydrogen-bond acceptors (Lipinski definition) is 4. The number of benzene rings is 1. The van der Waals surface area contributed by atoms with Gasteiger partial charge in [0.15, 0.2) is 5.82 Å². The highest BCUT2D eigenvalue weighted by molar-refractivity contribution is 6.32. The number of halogens is 1. The first-order valence-electron chi connectivity index (χ1n) is 6.01. The highest BCUT2D eigenvalue weighted by atomic mass is 35.5. The summed E-state index contributed by atoms with van der Waals surface area (Å²) in [6.45, 7) is 4.13. The Morgan fingerprint density at radius 1 is 1.42 bits per heavy atom. The van der Waals surface area contributed by atoms with Gasteiger partial charge in [0.05, 0.1) is 5.02 Å². The van der Waals surface area contributed by atoms with E-state index in [-0.39, 0.29) is 6.04 Å². The van der Waals surface area contributed by atoms with Crippen LogP contribution in [-0.2, 0) is 13.7 Å². The second kappa shape index (κ2) is 5.59. The lowest BCUT2D eigenvalue weighted by atomic mass is 10.1. The number of nitrogens with two attached hydrogens (primary N) is 1. The van der Waals surface area contributed by atoms with E-state index >= 15 is 0 Å². The zero-order valence-electron chi connectivity index (χ0n) is 11.2. The van der Waals surface area contributed by atoms with Crippen molar-refractivity contribution in [3.05, 3.63) is 40.4 Å². The van der Waals surface area contributed by atoms with Crippen molar-refractivity contribution in [2.24, 2.45) is 12.8 Å². The SMILES string of the molecule is Cc1nnc(COc2ccc([C@H](C)N)cc2Cl)n1C. The molecule has 0 aliphatic carbocycles. The Hall–Kier alpha value is -1.59. The smallest absolute Gasteiger partial charge is 0.170 e. The molecule has 0 aliphatic rings. The van der Waals surface area contributed by atoms with E-state index in [0.29, 0.717) is 17.4 Å². The fraction of sp³-hybridized carbons (Fsp3) is 0.385.